The number of hydrogen-bond acceptors (Lipinski definition) is 5. The van der Waals surface area contributed by atoms with Gasteiger partial charge in [-0.25, -0.2) is 22.9 Å². The number of sulfonamides is 1. The number of ether oxygens (including phenoxy) is 1. The molecule has 0 aliphatic carbocycles. The van der Waals surface area contributed by atoms with E-state index in [2.05, 4.69) is 9.71 Å². The van der Waals surface area contributed by atoms with E-state index in [1.807, 2.05) is 0 Å². The standard InChI is InChI=1S/C19H17F3N2O4S/c1-18(17(25)28-16(23-18)13-6-4-3-5-7-13)15(24-29(2,26)27)12-8-10-14(11-9-12)19(20,21)22/h3-11,15,24H,1-2H3/t15-,18-/m1/s1. The van der Waals surface area contributed by atoms with Gasteiger partial charge in [0, 0.05) is 5.56 Å². The molecular weight excluding hydrogens is 409 g/mol. The number of nitrogens with zero attached hydrogens (tertiary/aromatic N) is 1. The number of benzene rings is 2. The van der Waals surface area contributed by atoms with Gasteiger partial charge in [0.25, 0.3) is 0 Å². The second kappa shape index (κ2) is 7.27. The van der Waals surface area contributed by atoms with Gasteiger partial charge in [-0.3, -0.25) is 0 Å². The summed E-state index contributed by atoms with van der Waals surface area (Å²) in [6, 6.07) is 11.1. The summed E-state index contributed by atoms with van der Waals surface area (Å²) in [6.45, 7) is 1.37. The average molecular weight is 426 g/mol. The van der Waals surface area contributed by atoms with Gasteiger partial charge in [0.15, 0.2) is 5.54 Å². The molecule has 1 aliphatic rings. The molecule has 3 rings (SSSR count). The third-order valence-corrected chi connectivity index (χ3v) is 5.09. The van der Waals surface area contributed by atoms with Crippen molar-refractivity contribution in [2.24, 2.45) is 4.99 Å². The number of alkyl halides is 3. The summed E-state index contributed by atoms with van der Waals surface area (Å²) in [7, 11) is -3.84. The first kappa shape index (κ1) is 21.0. The van der Waals surface area contributed by atoms with Crippen LogP contribution in [0.2, 0.25) is 0 Å². The van der Waals surface area contributed by atoms with E-state index >= 15 is 0 Å². The first-order chi connectivity index (χ1) is 13.4. The first-order valence-electron chi connectivity index (χ1n) is 8.42. The second-order valence-corrected chi connectivity index (χ2v) is 8.54. The van der Waals surface area contributed by atoms with Crippen molar-refractivity contribution in [2.45, 2.75) is 24.7 Å². The lowest BCUT2D eigenvalue weighted by molar-refractivity contribution is -0.139. The molecule has 0 amide bonds. The van der Waals surface area contributed by atoms with E-state index in [1.165, 1.54) is 6.92 Å². The van der Waals surface area contributed by atoms with Gasteiger partial charge in [-0.1, -0.05) is 30.3 Å². The topological polar surface area (TPSA) is 84.8 Å². The fraction of sp³-hybridized carbons (Fsp3) is 0.263. The molecule has 0 saturated heterocycles. The lowest BCUT2D eigenvalue weighted by atomic mass is 9.88. The van der Waals surface area contributed by atoms with Crippen molar-refractivity contribution >= 4 is 21.9 Å². The van der Waals surface area contributed by atoms with Crippen molar-refractivity contribution in [1.29, 1.82) is 0 Å². The van der Waals surface area contributed by atoms with Gasteiger partial charge < -0.3 is 4.74 Å². The number of halogens is 3. The van der Waals surface area contributed by atoms with E-state index in [9.17, 15) is 26.4 Å². The minimum Gasteiger partial charge on any atom is -0.405 e. The van der Waals surface area contributed by atoms with Gasteiger partial charge in [-0.2, -0.15) is 13.2 Å². The highest BCUT2D eigenvalue weighted by atomic mass is 32.2. The summed E-state index contributed by atoms with van der Waals surface area (Å²) in [5.74, 6) is -0.817. The Hall–Kier alpha value is -2.72. The lowest BCUT2D eigenvalue weighted by Gasteiger charge is -2.28. The van der Waals surface area contributed by atoms with Crippen LogP contribution in [0.4, 0.5) is 13.2 Å². The number of hydrogen-bond donors (Lipinski definition) is 1. The van der Waals surface area contributed by atoms with E-state index in [1.54, 1.807) is 30.3 Å². The van der Waals surface area contributed by atoms with Crippen molar-refractivity contribution in [3.63, 3.8) is 0 Å². The molecule has 2 atom stereocenters. The Morgan fingerprint density at radius 2 is 1.66 bits per heavy atom. The molecule has 29 heavy (non-hydrogen) atoms. The zero-order chi connectivity index (χ0) is 21.4. The summed E-state index contributed by atoms with van der Waals surface area (Å²) in [4.78, 5) is 17.0. The molecule has 1 N–H and O–H groups in total. The van der Waals surface area contributed by atoms with E-state index in [0.29, 0.717) is 5.56 Å². The largest absolute Gasteiger partial charge is 0.416 e. The summed E-state index contributed by atoms with van der Waals surface area (Å²) >= 11 is 0. The Morgan fingerprint density at radius 1 is 1.07 bits per heavy atom. The van der Waals surface area contributed by atoms with Crippen LogP contribution in [0.5, 0.6) is 0 Å². The SMILES string of the molecule is C[C@]1([C@H](NS(C)(=O)=O)c2ccc(C(F)(F)F)cc2)N=C(c2ccccc2)OC1=O. The van der Waals surface area contributed by atoms with Gasteiger partial charge in [0.1, 0.15) is 0 Å². The van der Waals surface area contributed by atoms with Gasteiger partial charge in [-0.15, -0.1) is 0 Å². The minimum atomic E-state index is -4.55. The Bertz CT molecular complexity index is 1050. The summed E-state index contributed by atoms with van der Waals surface area (Å²) < 4.78 is 70.0. The quantitative estimate of drug-likeness (QED) is 0.745. The molecule has 0 unspecified atom stereocenters. The van der Waals surface area contributed by atoms with Crippen LogP contribution >= 0.6 is 0 Å². The zero-order valence-electron chi connectivity index (χ0n) is 15.4. The van der Waals surface area contributed by atoms with Crippen molar-refractivity contribution < 1.29 is 31.1 Å². The summed E-state index contributed by atoms with van der Waals surface area (Å²) in [5, 5.41) is 0. The molecule has 154 valence electrons. The highest BCUT2D eigenvalue weighted by Gasteiger charge is 2.50. The monoisotopic (exact) mass is 426 g/mol. The van der Waals surface area contributed by atoms with E-state index in [0.717, 1.165) is 30.5 Å². The predicted molar refractivity (Wildman–Crippen MR) is 99.6 cm³/mol. The Morgan fingerprint density at radius 3 is 2.17 bits per heavy atom. The highest BCUT2D eigenvalue weighted by molar-refractivity contribution is 7.88. The number of carbonyl (C=O) groups excluding carboxylic acids is 1. The first-order valence-corrected chi connectivity index (χ1v) is 10.3. The Labute approximate surface area is 165 Å². The summed E-state index contributed by atoms with van der Waals surface area (Å²) in [5.41, 5.74) is -1.96. The molecule has 10 heteroatoms. The average Bonchev–Trinajstić information content (AvgIpc) is 2.95. The van der Waals surface area contributed by atoms with Crippen LogP contribution < -0.4 is 4.72 Å². The van der Waals surface area contributed by atoms with Crippen molar-refractivity contribution in [2.75, 3.05) is 6.26 Å². The highest BCUT2D eigenvalue weighted by Crippen LogP contribution is 2.37. The minimum absolute atomic E-state index is 0.00492. The number of carbonyl (C=O) groups is 1. The van der Waals surface area contributed by atoms with Gasteiger partial charge in [-0.05, 0) is 36.8 Å². The fourth-order valence-corrected chi connectivity index (χ4v) is 3.74. The van der Waals surface area contributed by atoms with E-state index in [-0.39, 0.29) is 11.5 Å². The predicted octanol–water partition coefficient (Wildman–Crippen LogP) is 3.06. The Balaban J connectivity index is 2.07. The lowest BCUT2D eigenvalue weighted by Crippen LogP contribution is -2.46. The molecule has 0 spiro atoms. The van der Waals surface area contributed by atoms with Crippen molar-refractivity contribution in [3.05, 3.63) is 71.3 Å². The molecule has 2 aromatic rings. The van der Waals surface area contributed by atoms with Crippen LogP contribution in [0.1, 0.15) is 29.7 Å². The molecule has 6 nitrogen and oxygen atoms in total. The number of nitrogens with one attached hydrogen (secondary N) is 1. The fourth-order valence-electron chi connectivity index (χ4n) is 2.94. The maximum atomic E-state index is 12.9. The number of rotatable bonds is 5. The molecule has 1 heterocycles. The molecule has 0 radical (unpaired) electrons. The second-order valence-electron chi connectivity index (χ2n) is 6.76. The number of aliphatic imine (C=N–C) groups is 1. The van der Waals surface area contributed by atoms with Crippen molar-refractivity contribution in [3.8, 4) is 0 Å². The van der Waals surface area contributed by atoms with Crippen LogP contribution in [0.3, 0.4) is 0 Å². The molecule has 2 aromatic carbocycles. The third-order valence-electron chi connectivity index (χ3n) is 4.42. The van der Waals surface area contributed by atoms with Crippen LogP contribution in [-0.2, 0) is 25.7 Å². The van der Waals surface area contributed by atoms with Gasteiger partial charge >= 0.3 is 12.1 Å². The molecular formula is C19H17F3N2O4S. The Kier molecular flexibility index (Phi) is 5.26. The number of cyclic esters (lactones) is 1. The molecule has 0 saturated carbocycles. The van der Waals surface area contributed by atoms with E-state index < -0.39 is 39.3 Å². The third kappa shape index (κ3) is 4.48. The number of esters is 1. The van der Waals surface area contributed by atoms with Crippen LogP contribution in [0, 0.1) is 0 Å². The van der Waals surface area contributed by atoms with Gasteiger partial charge in [0.2, 0.25) is 15.9 Å². The van der Waals surface area contributed by atoms with Gasteiger partial charge in [0.05, 0.1) is 17.9 Å². The van der Waals surface area contributed by atoms with E-state index in [4.69, 9.17) is 4.74 Å². The molecule has 0 aromatic heterocycles. The van der Waals surface area contributed by atoms with Crippen LogP contribution in [-0.4, -0.2) is 32.1 Å². The zero-order valence-corrected chi connectivity index (χ0v) is 16.2. The molecule has 1 aliphatic heterocycles. The van der Waals surface area contributed by atoms with Crippen LogP contribution in [0.25, 0.3) is 0 Å². The maximum Gasteiger partial charge on any atom is 0.416 e. The normalized spacial score (nSPS) is 20.9. The summed E-state index contributed by atoms with van der Waals surface area (Å²) in [6.07, 6.45) is -3.66. The smallest absolute Gasteiger partial charge is 0.405 e. The molecule has 0 bridgehead atoms. The maximum absolute atomic E-state index is 12.9. The molecule has 0 fully saturated rings. The van der Waals surface area contributed by atoms with Crippen molar-refractivity contribution in [1.82, 2.24) is 4.72 Å². The van der Waals surface area contributed by atoms with Crippen LogP contribution in [0.15, 0.2) is 59.6 Å².